The van der Waals surface area contributed by atoms with E-state index in [0.717, 1.165) is 12.1 Å². The zero-order chi connectivity index (χ0) is 25.6. The molecule has 36 heavy (non-hydrogen) atoms. The molecule has 0 fully saturated rings. The molecule has 9 nitrogen and oxygen atoms in total. The number of aromatic nitrogens is 4. The molecule has 180 valence electrons. The summed E-state index contributed by atoms with van der Waals surface area (Å²) in [6.45, 7) is 1.84. The van der Waals surface area contributed by atoms with Crippen LogP contribution in [0.2, 0.25) is 0 Å². The summed E-state index contributed by atoms with van der Waals surface area (Å²) in [5.41, 5.74) is 7.74. The zero-order valence-corrected chi connectivity index (χ0v) is 18.8. The minimum absolute atomic E-state index is 0.0330. The lowest BCUT2D eigenvalue weighted by Gasteiger charge is -2.13. The van der Waals surface area contributed by atoms with Gasteiger partial charge < -0.3 is 10.8 Å². The molecule has 0 aliphatic carbocycles. The third kappa shape index (κ3) is 3.76. The Morgan fingerprint density at radius 2 is 1.75 bits per heavy atom. The number of pyridine rings is 2. The van der Waals surface area contributed by atoms with Crippen LogP contribution >= 0.6 is 0 Å². The number of anilines is 1. The van der Waals surface area contributed by atoms with Crippen LogP contribution in [0.3, 0.4) is 0 Å². The first kappa shape index (κ1) is 22.8. The van der Waals surface area contributed by atoms with Gasteiger partial charge in [0.1, 0.15) is 34.3 Å². The van der Waals surface area contributed by atoms with Crippen LogP contribution < -0.4 is 11.1 Å². The second kappa shape index (κ2) is 8.69. The number of nitrogens with one attached hydrogen (secondary N) is 1. The molecule has 0 spiro atoms. The van der Waals surface area contributed by atoms with Crippen LogP contribution in [-0.4, -0.2) is 36.6 Å². The first-order valence-corrected chi connectivity index (χ1v) is 10.8. The van der Waals surface area contributed by atoms with Crippen molar-refractivity contribution in [2.45, 2.75) is 13.3 Å². The number of carbonyl (C=O) groups excluding carboxylic acids is 1. The highest BCUT2D eigenvalue weighted by molar-refractivity contribution is 6.07. The zero-order valence-electron chi connectivity index (χ0n) is 18.8. The average molecular weight is 488 g/mol. The summed E-state index contributed by atoms with van der Waals surface area (Å²) in [5.74, 6) is -1.50. The lowest BCUT2D eigenvalue weighted by atomic mass is 10.0. The lowest BCUT2D eigenvalue weighted by molar-refractivity contribution is 0.100. The summed E-state index contributed by atoms with van der Waals surface area (Å²) in [4.78, 5) is 36.0. The van der Waals surface area contributed by atoms with Crippen LogP contribution in [0, 0.1) is 11.6 Å². The predicted molar refractivity (Wildman–Crippen MR) is 129 cm³/mol. The van der Waals surface area contributed by atoms with Crippen molar-refractivity contribution in [3.8, 4) is 16.8 Å². The van der Waals surface area contributed by atoms with Gasteiger partial charge in [0.25, 0.3) is 5.91 Å². The van der Waals surface area contributed by atoms with Gasteiger partial charge in [-0.3, -0.25) is 19.7 Å². The maximum absolute atomic E-state index is 15.0. The number of benzene rings is 2. The Balaban J connectivity index is 1.85. The molecule has 5 aromatic rings. The van der Waals surface area contributed by atoms with E-state index in [9.17, 15) is 18.4 Å². The Morgan fingerprint density at radius 1 is 1.00 bits per heavy atom. The van der Waals surface area contributed by atoms with E-state index in [4.69, 9.17) is 10.8 Å². The van der Waals surface area contributed by atoms with E-state index in [1.165, 1.54) is 18.5 Å². The normalized spacial score (nSPS) is 11.2. The van der Waals surface area contributed by atoms with Gasteiger partial charge in [-0.2, -0.15) is 0 Å². The van der Waals surface area contributed by atoms with E-state index in [1.54, 1.807) is 28.8 Å². The number of imidazole rings is 1. The molecule has 0 aliphatic heterocycles. The van der Waals surface area contributed by atoms with Crippen molar-refractivity contribution >= 4 is 39.8 Å². The van der Waals surface area contributed by atoms with E-state index in [0.29, 0.717) is 40.1 Å². The molecule has 11 heteroatoms. The van der Waals surface area contributed by atoms with Gasteiger partial charge in [0.15, 0.2) is 0 Å². The number of amides is 2. The maximum atomic E-state index is 15.0. The fourth-order valence-corrected chi connectivity index (χ4v) is 4.24. The van der Waals surface area contributed by atoms with E-state index in [2.05, 4.69) is 20.3 Å². The highest BCUT2D eigenvalue weighted by Gasteiger charge is 2.22. The third-order valence-corrected chi connectivity index (χ3v) is 5.75. The molecule has 3 aromatic heterocycles. The number of primary amides is 1. The van der Waals surface area contributed by atoms with Crippen LogP contribution in [0.25, 0.3) is 38.8 Å². The Morgan fingerprint density at radius 3 is 2.47 bits per heavy atom. The monoisotopic (exact) mass is 488 g/mol. The van der Waals surface area contributed by atoms with Crippen LogP contribution in [0.5, 0.6) is 0 Å². The van der Waals surface area contributed by atoms with E-state index in [-0.39, 0.29) is 22.3 Å². The van der Waals surface area contributed by atoms with Gasteiger partial charge in [-0.05, 0) is 53.6 Å². The molecular weight excluding hydrogens is 470 g/mol. The van der Waals surface area contributed by atoms with Crippen LogP contribution in [0.15, 0.2) is 54.9 Å². The summed E-state index contributed by atoms with van der Waals surface area (Å²) in [6.07, 6.45) is 1.91. The van der Waals surface area contributed by atoms with Crippen molar-refractivity contribution in [1.82, 2.24) is 19.5 Å². The fraction of sp³-hybridized carbons (Fsp3) is 0.0800. The van der Waals surface area contributed by atoms with E-state index >= 15 is 0 Å². The van der Waals surface area contributed by atoms with Crippen molar-refractivity contribution in [2.75, 3.05) is 5.32 Å². The average Bonchev–Trinajstić information content (AvgIpc) is 3.23. The lowest BCUT2D eigenvalue weighted by Crippen LogP contribution is -2.12. The number of hydrogen-bond acceptors (Lipinski definition) is 5. The van der Waals surface area contributed by atoms with Crippen molar-refractivity contribution < 1.29 is 23.5 Å². The van der Waals surface area contributed by atoms with Crippen LogP contribution in [-0.2, 0) is 6.42 Å². The Hall–Kier alpha value is -4.93. The first-order valence-electron chi connectivity index (χ1n) is 10.8. The second-order valence-corrected chi connectivity index (χ2v) is 7.92. The van der Waals surface area contributed by atoms with Crippen molar-refractivity contribution in [2.24, 2.45) is 5.73 Å². The minimum atomic E-state index is -1.28. The largest absolute Gasteiger partial charge is 0.465 e. The molecule has 0 atom stereocenters. The van der Waals surface area contributed by atoms with Gasteiger partial charge in [-0.1, -0.05) is 6.92 Å². The summed E-state index contributed by atoms with van der Waals surface area (Å²) in [5, 5.41) is 11.2. The van der Waals surface area contributed by atoms with Gasteiger partial charge in [0.2, 0.25) is 0 Å². The van der Waals surface area contributed by atoms with Crippen LogP contribution in [0.1, 0.15) is 23.1 Å². The summed E-state index contributed by atoms with van der Waals surface area (Å²) in [6, 6.07) is 9.99. The first-order chi connectivity index (χ1) is 17.3. The molecule has 0 bridgehead atoms. The van der Waals surface area contributed by atoms with Gasteiger partial charge in [-0.25, -0.2) is 23.5 Å². The van der Waals surface area contributed by atoms with Crippen molar-refractivity contribution in [1.29, 1.82) is 0 Å². The van der Waals surface area contributed by atoms with Gasteiger partial charge in [-0.15, -0.1) is 0 Å². The number of halogens is 2. The molecule has 0 unspecified atom stereocenters. The number of aryl methyl sites for hydroxylation is 1. The third-order valence-electron chi connectivity index (χ3n) is 5.75. The number of rotatable bonds is 5. The van der Waals surface area contributed by atoms with Gasteiger partial charge in [0.05, 0.1) is 22.2 Å². The van der Waals surface area contributed by atoms with E-state index < -0.39 is 23.6 Å². The van der Waals surface area contributed by atoms with Crippen LogP contribution in [0.4, 0.5) is 19.4 Å². The number of nitrogens with zero attached hydrogens (tertiary/aromatic N) is 4. The molecule has 2 amide bonds. The van der Waals surface area contributed by atoms with Crippen molar-refractivity contribution in [3.05, 3.63) is 77.9 Å². The SMILES string of the molecule is CCc1nc2c(C(N)=O)cc(-c3ccnc(NC(=O)O)c3)cc2n1-c1ccnc2c(F)ccc(F)c12. The molecule has 3 heterocycles. The summed E-state index contributed by atoms with van der Waals surface area (Å²) >= 11 is 0. The molecule has 0 saturated heterocycles. The predicted octanol–water partition coefficient (Wildman–Crippen LogP) is 4.67. The Bertz CT molecular complexity index is 1700. The quantitative estimate of drug-likeness (QED) is 0.329. The number of fused-ring (bicyclic) bond motifs is 2. The maximum Gasteiger partial charge on any atom is 0.410 e. The number of carbonyl (C=O) groups is 2. The molecule has 4 N–H and O–H groups in total. The smallest absolute Gasteiger partial charge is 0.410 e. The number of carboxylic acid groups (broad SMARTS) is 1. The molecule has 0 radical (unpaired) electrons. The number of nitrogens with two attached hydrogens (primary N) is 1. The molecule has 5 rings (SSSR count). The molecule has 2 aromatic carbocycles. The van der Waals surface area contributed by atoms with Gasteiger partial charge >= 0.3 is 6.09 Å². The highest BCUT2D eigenvalue weighted by Crippen LogP contribution is 2.34. The van der Waals surface area contributed by atoms with Crippen molar-refractivity contribution in [3.63, 3.8) is 0 Å². The summed E-state index contributed by atoms with van der Waals surface area (Å²) in [7, 11) is 0. The standard InChI is InChI=1S/C25H18F2N6O3/c1-2-20-32-22-14(24(28)34)9-13(12-5-7-29-19(11-12)31-25(35)36)10-18(22)33(20)17-6-8-30-23-16(27)4-3-15(26)21(17)23/h3-11H,2H2,1H3,(H2,28,34)(H,29,31)(H,35,36). The van der Waals surface area contributed by atoms with Gasteiger partial charge in [0, 0.05) is 18.8 Å². The number of hydrogen-bond donors (Lipinski definition) is 3. The fourth-order valence-electron chi connectivity index (χ4n) is 4.24. The molecular formula is C25H18F2N6O3. The minimum Gasteiger partial charge on any atom is -0.465 e. The summed E-state index contributed by atoms with van der Waals surface area (Å²) < 4.78 is 31.1. The molecule has 0 saturated carbocycles. The Labute approximate surface area is 202 Å². The highest BCUT2D eigenvalue weighted by atomic mass is 19.1. The Kier molecular flexibility index (Phi) is 5.51. The topological polar surface area (TPSA) is 136 Å². The van der Waals surface area contributed by atoms with E-state index in [1.807, 2.05) is 6.92 Å². The second-order valence-electron chi connectivity index (χ2n) is 7.92. The molecule has 0 aliphatic rings.